The van der Waals surface area contributed by atoms with Crippen LogP contribution in [0.4, 0.5) is 0 Å². The Labute approximate surface area is 102 Å². The van der Waals surface area contributed by atoms with Gasteiger partial charge in [-0.15, -0.1) is 11.3 Å². The number of hydrazine groups is 1. The minimum absolute atomic E-state index is 0.356. The van der Waals surface area contributed by atoms with Gasteiger partial charge in [0, 0.05) is 4.88 Å². The van der Waals surface area contributed by atoms with Gasteiger partial charge in [-0.25, -0.2) is 0 Å². The number of hydrogen-bond donors (Lipinski definition) is 2. The summed E-state index contributed by atoms with van der Waals surface area (Å²) in [4.78, 5) is 1.38. The first-order valence-electron chi connectivity index (χ1n) is 6.22. The topological polar surface area (TPSA) is 38.0 Å². The molecule has 0 radical (unpaired) electrons. The molecule has 1 saturated carbocycles. The molecule has 4 atom stereocenters. The summed E-state index contributed by atoms with van der Waals surface area (Å²) in [5.74, 6) is 8.14. The van der Waals surface area contributed by atoms with Gasteiger partial charge in [0.15, 0.2) is 0 Å². The fourth-order valence-electron chi connectivity index (χ4n) is 2.81. The monoisotopic (exact) mass is 238 g/mol. The van der Waals surface area contributed by atoms with E-state index in [1.807, 2.05) is 11.3 Å². The average molecular weight is 238 g/mol. The lowest BCUT2D eigenvalue weighted by Gasteiger charge is -2.36. The average Bonchev–Trinajstić information content (AvgIpc) is 2.78. The van der Waals surface area contributed by atoms with Gasteiger partial charge >= 0.3 is 0 Å². The molecule has 1 aromatic rings. The van der Waals surface area contributed by atoms with Crippen LogP contribution in [0.2, 0.25) is 0 Å². The standard InChI is InChI=1S/C13H22N2S/c1-9-5-6-11(8-10(9)2)13(15-14)12-4-3-7-16-12/h3-4,7,9-11,13,15H,5-6,8,14H2,1-2H3. The Hall–Kier alpha value is -0.380. The van der Waals surface area contributed by atoms with Crippen LogP contribution in [0.3, 0.4) is 0 Å². The zero-order valence-corrected chi connectivity index (χ0v) is 11.0. The Kier molecular flexibility index (Phi) is 4.00. The second kappa shape index (κ2) is 5.30. The fourth-order valence-corrected chi connectivity index (χ4v) is 3.69. The molecule has 3 N–H and O–H groups in total. The van der Waals surface area contributed by atoms with Crippen molar-refractivity contribution in [2.45, 2.75) is 39.2 Å². The maximum atomic E-state index is 5.73. The molecule has 1 aliphatic rings. The normalized spacial score (nSPS) is 32.6. The Bertz CT molecular complexity index is 310. The molecule has 1 aromatic heterocycles. The van der Waals surface area contributed by atoms with E-state index >= 15 is 0 Å². The van der Waals surface area contributed by atoms with Crippen LogP contribution in [0, 0.1) is 17.8 Å². The van der Waals surface area contributed by atoms with Gasteiger partial charge in [-0.3, -0.25) is 11.3 Å². The molecular weight excluding hydrogens is 216 g/mol. The summed E-state index contributed by atoms with van der Waals surface area (Å²) in [6.45, 7) is 4.75. The molecule has 1 fully saturated rings. The Balaban J connectivity index is 2.05. The summed E-state index contributed by atoms with van der Waals surface area (Å²) < 4.78 is 0. The minimum atomic E-state index is 0.356. The highest BCUT2D eigenvalue weighted by molar-refractivity contribution is 7.10. The zero-order valence-electron chi connectivity index (χ0n) is 10.1. The van der Waals surface area contributed by atoms with Crippen molar-refractivity contribution in [2.24, 2.45) is 23.6 Å². The molecular formula is C13H22N2S. The van der Waals surface area contributed by atoms with Crippen LogP contribution in [-0.2, 0) is 0 Å². The predicted molar refractivity (Wildman–Crippen MR) is 70.1 cm³/mol. The van der Waals surface area contributed by atoms with E-state index in [0.29, 0.717) is 12.0 Å². The number of nitrogens with one attached hydrogen (secondary N) is 1. The van der Waals surface area contributed by atoms with Crippen LogP contribution < -0.4 is 11.3 Å². The summed E-state index contributed by atoms with van der Waals surface area (Å²) in [5, 5.41) is 2.13. The van der Waals surface area contributed by atoms with Crippen molar-refractivity contribution < 1.29 is 0 Å². The zero-order chi connectivity index (χ0) is 11.5. The highest BCUT2D eigenvalue weighted by Gasteiger charge is 2.30. The lowest BCUT2D eigenvalue weighted by atomic mass is 9.73. The van der Waals surface area contributed by atoms with E-state index in [1.54, 1.807) is 0 Å². The van der Waals surface area contributed by atoms with Crippen molar-refractivity contribution in [3.63, 3.8) is 0 Å². The first kappa shape index (κ1) is 12.1. The van der Waals surface area contributed by atoms with E-state index in [1.165, 1.54) is 24.1 Å². The maximum absolute atomic E-state index is 5.73. The molecule has 3 heteroatoms. The van der Waals surface area contributed by atoms with Crippen LogP contribution in [0.25, 0.3) is 0 Å². The largest absolute Gasteiger partial charge is 0.271 e. The molecule has 0 bridgehead atoms. The van der Waals surface area contributed by atoms with Gasteiger partial charge < -0.3 is 0 Å². The van der Waals surface area contributed by atoms with Crippen molar-refractivity contribution in [1.29, 1.82) is 0 Å². The molecule has 0 spiro atoms. The summed E-state index contributed by atoms with van der Waals surface area (Å²) in [7, 11) is 0. The van der Waals surface area contributed by atoms with E-state index in [2.05, 4.69) is 36.8 Å². The van der Waals surface area contributed by atoms with Crippen LogP contribution in [0.15, 0.2) is 17.5 Å². The van der Waals surface area contributed by atoms with Gasteiger partial charge in [0.25, 0.3) is 0 Å². The van der Waals surface area contributed by atoms with Crippen LogP contribution >= 0.6 is 11.3 Å². The van der Waals surface area contributed by atoms with E-state index in [9.17, 15) is 0 Å². The fraction of sp³-hybridized carbons (Fsp3) is 0.692. The quantitative estimate of drug-likeness (QED) is 0.626. The molecule has 0 amide bonds. The molecule has 90 valence electrons. The lowest BCUT2D eigenvalue weighted by Crippen LogP contribution is -2.36. The molecule has 2 rings (SSSR count). The minimum Gasteiger partial charge on any atom is -0.271 e. The van der Waals surface area contributed by atoms with Gasteiger partial charge in [0.05, 0.1) is 6.04 Å². The molecule has 0 aromatic carbocycles. The Morgan fingerprint density at radius 1 is 1.38 bits per heavy atom. The second-order valence-corrected chi connectivity index (χ2v) is 6.17. The first-order chi connectivity index (χ1) is 7.72. The van der Waals surface area contributed by atoms with Crippen LogP contribution in [0.1, 0.15) is 44.0 Å². The van der Waals surface area contributed by atoms with Gasteiger partial charge in [0.2, 0.25) is 0 Å². The predicted octanol–water partition coefficient (Wildman–Crippen LogP) is 3.32. The third-order valence-electron chi connectivity index (χ3n) is 4.14. The van der Waals surface area contributed by atoms with E-state index < -0.39 is 0 Å². The molecule has 0 aliphatic heterocycles. The number of rotatable bonds is 3. The smallest absolute Gasteiger partial charge is 0.0581 e. The van der Waals surface area contributed by atoms with Crippen molar-refractivity contribution in [2.75, 3.05) is 0 Å². The number of thiophene rings is 1. The Morgan fingerprint density at radius 2 is 2.19 bits per heavy atom. The summed E-state index contributed by atoms with van der Waals surface area (Å²) in [6, 6.07) is 4.66. The highest BCUT2D eigenvalue weighted by atomic mass is 32.1. The SMILES string of the molecule is CC1CCC(C(NN)c2cccs2)CC1C. The molecule has 4 unspecified atom stereocenters. The second-order valence-electron chi connectivity index (χ2n) is 5.19. The van der Waals surface area contributed by atoms with E-state index in [4.69, 9.17) is 5.84 Å². The number of hydrogen-bond acceptors (Lipinski definition) is 3. The molecule has 0 saturated heterocycles. The summed E-state index contributed by atoms with van der Waals surface area (Å²) in [5.41, 5.74) is 3.02. The molecule has 2 nitrogen and oxygen atoms in total. The van der Waals surface area contributed by atoms with Crippen LogP contribution in [-0.4, -0.2) is 0 Å². The van der Waals surface area contributed by atoms with Crippen molar-refractivity contribution in [3.05, 3.63) is 22.4 Å². The lowest BCUT2D eigenvalue weighted by molar-refractivity contribution is 0.173. The third kappa shape index (κ3) is 2.47. The molecule has 1 heterocycles. The van der Waals surface area contributed by atoms with Crippen molar-refractivity contribution >= 4 is 11.3 Å². The number of nitrogens with two attached hydrogens (primary N) is 1. The summed E-state index contributed by atoms with van der Waals surface area (Å²) >= 11 is 1.81. The van der Waals surface area contributed by atoms with Crippen LogP contribution in [0.5, 0.6) is 0 Å². The van der Waals surface area contributed by atoms with Gasteiger partial charge in [0.1, 0.15) is 0 Å². The Morgan fingerprint density at radius 3 is 2.75 bits per heavy atom. The van der Waals surface area contributed by atoms with Gasteiger partial charge in [-0.05, 0) is 42.0 Å². The highest BCUT2D eigenvalue weighted by Crippen LogP contribution is 2.40. The van der Waals surface area contributed by atoms with Crippen molar-refractivity contribution in [1.82, 2.24) is 5.43 Å². The molecule has 1 aliphatic carbocycles. The third-order valence-corrected chi connectivity index (χ3v) is 5.09. The molecule has 16 heavy (non-hydrogen) atoms. The van der Waals surface area contributed by atoms with Gasteiger partial charge in [-0.2, -0.15) is 0 Å². The van der Waals surface area contributed by atoms with Gasteiger partial charge in [-0.1, -0.05) is 26.3 Å². The van der Waals surface area contributed by atoms with E-state index in [0.717, 1.165) is 11.8 Å². The van der Waals surface area contributed by atoms with E-state index in [-0.39, 0.29) is 0 Å². The first-order valence-corrected chi connectivity index (χ1v) is 7.10. The summed E-state index contributed by atoms with van der Waals surface area (Å²) in [6.07, 6.45) is 3.95. The maximum Gasteiger partial charge on any atom is 0.0581 e. The van der Waals surface area contributed by atoms with Crippen molar-refractivity contribution in [3.8, 4) is 0 Å².